The Labute approximate surface area is 207 Å². The number of aryl methyl sites for hydroxylation is 1. The zero-order valence-electron chi connectivity index (χ0n) is 19.3. The van der Waals surface area contributed by atoms with E-state index in [4.69, 9.17) is 0 Å². The monoisotopic (exact) mass is 488 g/mol. The van der Waals surface area contributed by atoms with Crippen LogP contribution in [-0.2, 0) is 4.79 Å². The fourth-order valence-corrected chi connectivity index (χ4v) is 5.01. The van der Waals surface area contributed by atoms with Crippen LogP contribution in [0.1, 0.15) is 5.56 Å². The van der Waals surface area contributed by atoms with E-state index >= 15 is 0 Å². The SMILES string of the molecule is Cc1ccccc1-n1c(SCC(=O)N2CCN(c3ccc(F)cc3)CC2)nnc1-c1cccnc1. The van der Waals surface area contributed by atoms with Gasteiger partial charge in [0.25, 0.3) is 0 Å². The third-order valence-corrected chi connectivity index (χ3v) is 6.97. The van der Waals surface area contributed by atoms with Gasteiger partial charge in [-0.3, -0.25) is 14.3 Å². The molecule has 0 atom stereocenters. The van der Waals surface area contributed by atoms with Crippen LogP contribution in [0.15, 0.2) is 78.2 Å². The average molecular weight is 489 g/mol. The highest BCUT2D eigenvalue weighted by molar-refractivity contribution is 7.99. The molecular weight excluding hydrogens is 463 g/mol. The Morgan fingerprint density at radius 1 is 0.971 bits per heavy atom. The van der Waals surface area contributed by atoms with E-state index in [9.17, 15) is 9.18 Å². The highest BCUT2D eigenvalue weighted by Crippen LogP contribution is 2.29. The molecule has 0 aliphatic carbocycles. The lowest BCUT2D eigenvalue weighted by Crippen LogP contribution is -2.49. The lowest BCUT2D eigenvalue weighted by atomic mass is 10.2. The van der Waals surface area contributed by atoms with Crippen LogP contribution in [0, 0.1) is 12.7 Å². The number of carbonyl (C=O) groups excluding carboxylic acids is 1. The van der Waals surface area contributed by atoms with Crippen LogP contribution in [-0.4, -0.2) is 62.5 Å². The predicted octanol–water partition coefficient (Wildman–Crippen LogP) is 4.22. The van der Waals surface area contributed by atoms with E-state index in [0.29, 0.717) is 37.2 Å². The molecule has 35 heavy (non-hydrogen) atoms. The van der Waals surface area contributed by atoms with Gasteiger partial charge in [-0.05, 0) is 55.0 Å². The summed E-state index contributed by atoms with van der Waals surface area (Å²) in [5.41, 5.74) is 3.89. The first kappa shape index (κ1) is 23.0. The Hall–Kier alpha value is -3.72. The maximum atomic E-state index is 13.2. The number of benzene rings is 2. The van der Waals surface area contributed by atoms with E-state index in [-0.39, 0.29) is 17.5 Å². The molecule has 1 saturated heterocycles. The number of anilines is 1. The summed E-state index contributed by atoms with van der Waals surface area (Å²) in [6.45, 7) is 4.73. The Morgan fingerprint density at radius 2 is 1.74 bits per heavy atom. The molecule has 178 valence electrons. The molecule has 3 heterocycles. The first-order valence-corrected chi connectivity index (χ1v) is 12.4. The molecule has 0 saturated carbocycles. The number of para-hydroxylation sites is 1. The molecule has 0 N–H and O–H groups in total. The largest absolute Gasteiger partial charge is 0.368 e. The van der Waals surface area contributed by atoms with E-state index in [1.54, 1.807) is 24.5 Å². The fourth-order valence-electron chi connectivity index (χ4n) is 4.16. The summed E-state index contributed by atoms with van der Waals surface area (Å²) in [5.74, 6) is 0.782. The van der Waals surface area contributed by atoms with E-state index in [1.165, 1.54) is 23.9 Å². The number of carbonyl (C=O) groups is 1. The second-order valence-electron chi connectivity index (χ2n) is 8.30. The number of hydrogen-bond acceptors (Lipinski definition) is 6. The van der Waals surface area contributed by atoms with Gasteiger partial charge in [0.05, 0.1) is 11.4 Å². The summed E-state index contributed by atoms with van der Waals surface area (Å²) in [6.07, 6.45) is 3.49. The van der Waals surface area contributed by atoms with Crippen molar-refractivity contribution in [1.29, 1.82) is 0 Å². The zero-order valence-corrected chi connectivity index (χ0v) is 20.2. The molecule has 9 heteroatoms. The molecule has 2 aromatic carbocycles. The van der Waals surface area contributed by atoms with Crippen LogP contribution in [0.25, 0.3) is 17.1 Å². The van der Waals surface area contributed by atoms with Crippen molar-refractivity contribution in [1.82, 2.24) is 24.6 Å². The summed E-state index contributed by atoms with van der Waals surface area (Å²) in [6, 6.07) is 18.4. The van der Waals surface area contributed by atoms with Crippen molar-refractivity contribution in [3.05, 3.63) is 84.4 Å². The van der Waals surface area contributed by atoms with Crippen molar-refractivity contribution in [2.24, 2.45) is 0 Å². The highest BCUT2D eigenvalue weighted by atomic mass is 32.2. The van der Waals surface area contributed by atoms with Crippen molar-refractivity contribution in [3.8, 4) is 17.1 Å². The Kier molecular flexibility index (Phi) is 6.76. The maximum absolute atomic E-state index is 13.2. The second-order valence-corrected chi connectivity index (χ2v) is 9.25. The predicted molar refractivity (Wildman–Crippen MR) is 135 cm³/mol. The van der Waals surface area contributed by atoms with Gasteiger partial charge in [0, 0.05) is 49.8 Å². The molecule has 1 amide bonds. The lowest BCUT2D eigenvalue weighted by Gasteiger charge is -2.36. The van der Waals surface area contributed by atoms with Gasteiger partial charge in [-0.1, -0.05) is 30.0 Å². The first-order valence-electron chi connectivity index (χ1n) is 11.4. The molecule has 0 spiro atoms. The summed E-state index contributed by atoms with van der Waals surface area (Å²) in [5, 5.41) is 9.53. The molecule has 0 bridgehead atoms. The van der Waals surface area contributed by atoms with Crippen LogP contribution in [0.5, 0.6) is 0 Å². The van der Waals surface area contributed by atoms with E-state index in [2.05, 4.69) is 20.1 Å². The summed E-state index contributed by atoms with van der Waals surface area (Å²) < 4.78 is 15.2. The quantitative estimate of drug-likeness (QED) is 0.379. The van der Waals surface area contributed by atoms with Crippen LogP contribution in [0.2, 0.25) is 0 Å². The van der Waals surface area contributed by atoms with Crippen LogP contribution in [0.4, 0.5) is 10.1 Å². The Balaban J connectivity index is 1.29. The van der Waals surface area contributed by atoms with E-state index in [0.717, 1.165) is 22.5 Å². The lowest BCUT2D eigenvalue weighted by molar-refractivity contribution is -0.128. The molecule has 5 rings (SSSR count). The van der Waals surface area contributed by atoms with E-state index < -0.39 is 0 Å². The summed E-state index contributed by atoms with van der Waals surface area (Å²) in [4.78, 5) is 21.3. The summed E-state index contributed by atoms with van der Waals surface area (Å²) >= 11 is 1.39. The van der Waals surface area contributed by atoms with Crippen molar-refractivity contribution in [3.63, 3.8) is 0 Å². The minimum Gasteiger partial charge on any atom is -0.368 e. The van der Waals surface area contributed by atoms with Crippen molar-refractivity contribution in [2.45, 2.75) is 12.1 Å². The van der Waals surface area contributed by atoms with Gasteiger partial charge in [0.15, 0.2) is 11.0 Å². The molecule has 7 nitrogen and oxygen atoms in total. The zero-order chi connectivity index (χ0) is 24.2. The van der Waals surface area contributed by atoms with Crippen LogP contribution < -0.4 is 4.90 Å². The van der Waals surface area contributed by atoms with Gasteiger partial charge >= 0.3 is 0 Å². The second kappa shape index (κ2) is 10.3. The number of rotatable bonds is 6. The number of hydrogen-bond donors (Lipinski definition) is 0. The third-order valence-electron chi connectivity index (χ3n) is 6.06. The van der Waals surface area contributed by atoms with Crippen LogP contribution in [0.3, 0.4) is 0 Å². The highest BCUT2D eigenvalue weighted by Gasteiger charge is 2.23. The third kappa shape index (κ3) is 5.05. The molecule has 0 unspecified atom stereocenters. The first-order chi connectivity index (χ1) is 17.1. The standard InChI is InChI=1S/C26H25FN6OS/c1-19-5-2-3-7-23(19)33-25(20-6-4-12-28-17-20)29-30-26(33)35-18-24(34)32-15-13-31(14-16-32)22-10-8-21(27)9-11-22/h2-12,17H,13-16,18H2,1H3. The van der Waals surface area contributed by atoms with Gasteiger partial charge in [-0.25, -0.2) is 4.39 Å². The molecule has 1 fully saturated rings. The molecular formula is C26H25FN6OS. The maximum Gasteiger partial charge on any atom is 0.233 e. The number of nitrogens with zero attached hydrogens (tertiary/aromatic N) is 6. The molecule has 2 aromatic heterocycles. The number of aromatic nitrogens is 4. The normalized spacial score (nSPS) is 13.8. The number of amides is 1. The number of pyridine rings is 1. The minimum absolute atomic E-state index is 0.0658. The molecule has 4 aromatic rings. The Bertz CT molecular complexity index is 1300. The van der Waals surface area contributed by atoms with Crippen LogP contribution >= 0.6 is 11.8 Å². The molecule has 0 radical (unpaired) electrons. The van der Waals surface area contributed by atoms with Gasteiger partial charge in [-0.15, -0.1) is 10.2 Å². The van der Waals surface area contributed by atoms with Gasteiger partial charge in [0.2, 0.25) is 5.91 Å². The summed E-state index contributed by atoms with van der Waals surface area (Å²) in [7, 11) is 0. The average Bonchev–Trinajstić information content (AvgIpc) is 3.32. The minimum atomic E-state index is -0.246. The van der Waals surface area contributed by atoms with Gasteiger partial charge in [0.1, 0.15) is 5.82 Å². The Morgan fingerprint density at radius 3 is 2.46 bits per heavy atom. The van der Waals surface area contributed by atoms with Crippen molar-refractivity contribution in [2.75, 3.05) is 36.8 Å². The van der Waals surface area contributed by atoms with Crippen molar-refractivity contribution < 1.29 is 9.18 Å². The number of thioether (sulfide) groups is 1. The topological polar surface area (TPSA) is 67.2 Å². The molecule has 1 aliphatic rings. The van der Waals surface area contributed by atoms with Gasteiger partial charge in [-0.2, -0.15) is 0 Å². The fraction of sp³-hybridized carbons (Fsp3) is 0.231. The molecule has 1 aliphatic heterocycles. The number of piperazine rings is 1. The smallest absolute Gasteiger partial charge is 0.233 e. The number of halogens is 1. The van der Waals surface area contributed by atoms with Gasteiger partial charge < -0.3 is 9.80 Å². The van der Waals surface area contributed by atoms with Crippen molar-refractivity contribution >= 4 is 23.4 Å². The van der Waals surface area contributed by atoms with E-state index in [1.807, 2.05) is 52.8 Å².